The first kappa shape index (κ1) is 10.8. The summed E-state index contributed by atoms with van der Waals surface area (Å²) in [6.45, 7) is 2.40. The van der Waals surface area contributed by atoms with E-state index in [1.165, 1.54) is 6.07 Å². The molecule has 84 valence electrons. The molecule has 4 heteroatoms. The molecule has 0 saturated heterocycles. The maximum atomic E-state index is 13.6. The van der Waals surface area contributed by atoms with Gasteiger partial charge in [-0.1, -0.05) is 12.1 Å². The highest BCUT2D eigenvalue weighted by molar-refractivity contribution is 5.35. The lowest BCUT2D eigenvalue weighted by molar-refractivity contribution is 0.616. The maximum Gasteiger partial charge on any atom is 0.147 e. The zero-order chi connectivity index (χ0) is 11.5. The number of aromatic nitrogens is 2. The lowest BCUT2D eigenvalue weighted by Gasteiger charge is -2.05. The normalized spacial score (nSPS) is 10.7. The smallest absolute Gasteiger partial charge is 0.147 e. The number of para-hydroxylation sites is 1. The monoisotopic (exact) mass is 219 g/mol. The van der Waals surface area contributed by atoms with E-state index in [-0.39, 0.29) is 5.82 Å². The number of hydrogen-bond donors (Lipinski definition) is 1. The first-order valence-electron chi connectivity index (χ1n) is 5.22. The number of benzene rings is 1. The molecular weight excluding hydrogens is 205 g/mol. The van der Waals surface area contributed by atoms with Gasteiger partial charge in [0.15, 0.2) is 0 Å². The van der Waals surface area contributed by atoms with E-state index in [9.17, 15) is 4.39 Å². The molecule has 0 unspecified atom stereocenters. The summed E-state index contributed by atoms with van der Waals surface area (Å²) < 4.78 is 15.3. The van der Waals surface area contributed by atoms with Crippen molar-refractivity contribution in [1.82, 2.24) is 9.55 Å². The van der Waals surface area contributed by atoms with Crippen LogP contribution in [0.25, 0.3) is 5.69 Å². The lowest BCUT2D eigenvalue weighted by Crippen LogP contribution is -2.02. The van der Waals surface area contributed by atoms with Crippen LogP contribution in [0, 0.1) is 12.7 Å². The molecule has 1 aromatic carbocycles. The Bertz CT molecular complexity index is 491. The molecule has 0 bridgehead atoms. The van der Waals surface area contributed by atoms with Gasteiger partial charge < -0.3 is 10.3 Å². The number of halogens is 1. The Morgan fingerprint density at radius 2 is 2.12 bits per heavy atom. The minimum atomic E-state index is -0.248. The van der Waals surface area contributed by atoms with Gasteiger partial charge in [-0.2, -0.15) is 0 Å². The average Bonchev–Trinajstić information content (AvgIpc) is 2.61. The predicted molar refractivity (Wildman–Crippen MR) is 61.0 cm³/mol. The Kier molecular flexibility index (Phi) is 3.01. The second kappa shape index (κ2) is 4.45. The van der Waals surface area contributed by atoms with Crippen molar-refractivity contribution >= 4 is 0 Å². The zero-order valence-corrected chi connectivity index (χ0v) is 9.15. The van der Waals surface area contributed by atoms with Crippen LogP contribution in [0.2, 0.25) is 0 Å². The molecule has 0 atom stereocenters. The first-order valence-corrected chi connectivity index (χ1v) is 5.22. The fraction of sp³-hybridized carbons (Fsp3) is 0.250. The molecule has 3 nitrogen and oxygen atoms in total. The van der Waals surface area contributed by atoms with Gasteiger partial charge in [-0.05, 0) is 25.6 Å². The van der Waals surface area contributed by atoms with Crippen molar-refractivity contribution in [2.24, 2.45) is 5.73 Å². The van der Waals surface area contributed by atoms with Crippen LogP contribution in [-0.2, 0) is 6.42 Å². The van der Waals surface area contributed by atoms with Crippen LogP contribution in [0.15, 0.2) is 30.5 Å². The van der Waals surface area contributed by atoms with Gasteiger partial charge in [0.25, 0.3) is 0 Å². The first-order chi connectivity index (χ1) is 7.72. The van der Waals surface area contributed by atoms with E-state index in [0.717, 1.165) is 11.5 Å². The minimum absolute atomic E-state index is 0.248. The summed E-state index contributed by atoms with van der Waals surface area (Å²) in [5.74, 6) is 0.524. The predicted octanol–water partition coefficient (Wildman–Crippen LogP) is 1.82. The minimum Gasteiger partial charge on any atom is -0.330 e. The van der Waals surface area contributed by atoms with Crippen LogP contribution in [-0.4, -0.2) is 16.1 Å². The molecule has 0 fully saturated rings. The number of nitrogens with two attached hydrogens (primary N) is 1. The van der Waals surface area contributed by atoms with Crippen molar-refractivity contribution in [3.63, 3.8) is 0 Å². The van der Waals surface area contributed by atoms with E-state index in [1.807, 2.05) is 13.1 Å². The molecule has 2 rings (SSSR count). The number of imidazole rings is 1. The molecule has 0 amide bonds. The molecule has 0 aliphatic heterocycles. The standard InChI is InChI=1S/C12H14FN3/c1-9-15-10(6-7-14)8-16(9)12-5-3-2-4-11(12)13/h2-5,8H,6-7,14H2,1H3. The number of hydrogen-bond acceptors (Lipinski definition) is 2. The lowest BCUT2D eigenvalue weighted by atomic mass is 10.3. The van der Waals surface area contributed by atoms with E-state index in [4.69, 9.17) is 5.73 Å². The van der Waals surface area contributed by atoms with Crippen LogP contribution in [0.1, 0.15) is 11.5 Å². The third-order valence-corrected chi connectivity index (χ3v) is 2.44. The number of aryl methyl sites for hydroxylation is 1. The highest BCUT2D eigenvalue weighted by Crippen LogP contribution is 2.15. The van der Waals surface area contributed by atoms with Crippen molar-refractivity contribution in [1.29, 1.82) is 0 Å². The molecule has 1 aromatic heterocycles. The second-order valence-corrected chi connectivity index (χ2v) is 3.64. The third kappa shape index (κ3) is 1.97. The van der Waals surface area contributed by atoms with Gasteiger partial charge >= 0.3 is 0 Å². The largest absolute Gasteiger partial charge is 0.330 e. The summed E-state index contributed by atoms with van der Waals surface area (Å²) >= 11 is 0. The van der Waals surface area contributed by atoms with Crippen molar-refractivity contribution in [3.8, 4) is 5.69 Å². The van der Waals surface area contributed by atoms with Crippen molar-refractivity contribution < 1.29 is 4.39 Å². The Hall–Kier alpha value is -1.68. The molecule has 0 saturated carbocycles. The van der Waals surface area contributed by atoms with Crippen LogP contribution in [0.4, 0.5) is 4.39 Å². The molecule has 0 spiro atoms. The highest BCUT2D eigenvalue weighted by Gasteiger charge is 2.08. The Balaban J connectivity index is 2.44. The average molecular weight is 219 g/mol. The van der Waals surface area contributed by atoms with Gasteiger partial charge in [0, 0.05) is 12.6 Å². The summed E-state index contributed by atoms with van der Waals surface area (Å²) in [5, 5.41) is 0. The van der Waals surface area contributed by atoms with Gasteiger partial charge in [-0.15, -0.1) is 0 Å². The maximum absolute atomic E-state index is 13.6. The molecule has 0 aliphatic carbocycles. The van der Waals surface area contributed by atoms with Crippen LogP contribution < -0.4 is 5.73 Å². The van der Waals surface area contributed by atoms with Crippen molar-refractivity contribution in [2.75, 3.05) is 6.54 Å². The van der Waals surface area contributed by atoms with E-state index in [0.29, 0.717) is 18.7 Å². The molecule has 2 aromatic rings. The van der Waals surface area contributed by atoms with Crippen molar-refractivity contribution in [3.05, 3.63) is 47.8 Å². The van der Waals surface area contributed by atoms with Crippen LogP contribution >= 0.6 is 0 Å². The summed E-state index contributed by atoms with van der Waals surface area (Å²) in [7, 11) is 0. The van der Waals surface area contributed by atoms with Gasteiger partial charge in [0.1, 0.15) is 11.6 Å². The molecular formula is C12H14FN3. The summed E-state index contributed by atoms with van der Waals surface area (Å²) in [4.78, 5) is 4.33. The quantitative estimate of drug-likeness (QED) is 0.855. The number of rotatable bonds is 3. The highest BCUT2D eigenvalue weighted by atomic mass is 19.1. The van der Waals surface area contributed by atoms with Gasteiger partial charge in [-0.25, -0.2) is 9.37 Å². The molecule has 0 aliphatic rings. The zero-order valence-electron chi connectivity index (χ0n) is 9.15. The van der Waals surface area contributed by atoms with Crippen LogP contribution in [0.3, 0.4) is 0 Å². The Morgan fingerprint density at radius 3 is 2.81 bits per heavy atom. The fourth-order valence-corrected chi connectivity index (χ4v) is 1.69. The number of nitrogens with zero attached hydrogens (tertiary/aromatic N) is 2. The topological polar surface area (TPSA) is 43.8 Å². The fourth-order valence-electron chi connectivity index (χ4n) is 1.69. The second-order valence-electron chi connectivity index (χ2n) is 3.64. The third-order valence-electron chi connectivity index (χ3n) is 2.44. The van der Waals surface area contributed by atoms with Crippen molar-refractivity contribution in [2.45, 2.75) is 13.3 Å². The molecule has 2 N–H and O–H groups in total. The molecule has 16 heavy (non-hydrogen) atoms. The van der Waals surface area contributed by atoms with E-state index in [2.05, 4.69) is 4.98 Å². The SMILES string of the molecule is Cc1nc(CCN)cn1-c1ccccc1F. The Labute approximate surface area is 93.7 Å². The molecule has 1 heterocycles. The van der Waals surface area contributed by atoms with E-state index in [1.54, 1.807) is 22.8 Å². The Morgan fingerprint density at radius 1 is 1.38 bits per heavy atom. The van der Waals surface area contributed by atoms with E-state index >= 15 is 0 Å². The van der Waals surface area contributed by atoms with Gasteiger partial charge in [0.2, 0.25) is 0 Å². The van der Waals surface area contributed by atoms with E-state index < -0.39 is 0 Å². The molecule has 0 radical (unpaired) electrons. The summed E-state index contributed by atoms with van der Waals surface area (Å²) in [5.41, 5.74) is 6.88. The van der Waals surface area contributed by atoms with Gasteiger partial charge in [0.05, 0.1) is 11.4 Å². The summed E-state index contributed by atoms with van der Waals surface area (Å²) in [6, 6.07) is 6.65. The van der Waals surface area contributed by atoms with Gasteiger partial charge in [-0.3, -0.25) is 0 Å². The summed E-state index contributed by atoms with van der Waals surface area (Å²) in [6.07, 6.45) is 2.54. The van der Waals surface area contributed by atoms with Crippen LogP contribution in [0.5, 0.6) is 0 Å².